The summed E-state index contributed by atoms with van der Waals surface area (Å²) in [6, 6.07) is 3.02. The Morgan fingerprint density at radius 2 is 1.96 bits per heavy atom. The number of H-pyrrole nitrogens is 1. The Balaban J connectivity index is 0.00000109. The van der Waals surface area contributed by atoms with Crippen LogP contribution >= 0.6 is 0 Å². The third-order valence-electron chi connectivity index (χ3n) is 3.41. The number of fused-ring (bicyclic) bond motifs is 1. The predicted molar refractivity (Wildman–Crippen MR) is 88.6 cm³/mol. The maximum Gasteiger partial charge on any atom is 0.305 e. The average molecular weight is 347 g/mol. The van der Waals surface area contributed by atoms with Crippen molar-refractivity contribution in [2.75, 3.05) is 0 Å². The molecule has 8 heteroatoms. The number of pyridine rings is 1. The van der Waals surface area contributed by atoms with E-state index in [1.165, 1.54) is 6.20 Å². The molecule has 0 aliphatic rings. The zero-order valence-electron chi connectivity index (χ0n) is 13.8. The third kappa shape index (κ3) is 3.23. The zero-order chi connectivity index (χ0) is 18.7. The molecule has 3 aromatic rings. The van der Waals surface area contributed by atoms with E-state index in [1.807, 2.05) is 13.8 Å². The fourth-order valence-corrected chi connectivity index (χ4v) is 2.32. The molecule has 0 radical (unpaired) electrons. The van der Waals surface area contributed by atoms with Crippen LogP contribution in [0.25, 0.3) is 11.0 Å². The number of hydrogen-bond acceptors (Lipinski definition) is 4. The van der Waals surface area contributed by atoms with E-state index in [0.717, 1.165) is 5.56 Å². The summed E-state index contributed by atoms with van der Waals surface area (Å²) in [7, 11) is 0. The maximum atomic E-state index is 14.2. The topological polar surface area (TPSA) is 88.9 Å². The monoisotopic (exact) mass is 347 g/mol. The van der Waals surface area contributed by atoms with Crippen LogP contribution in [-0.2, 0) is 0 Å². The third-order valence-corrected chi connectivity index (χ3v) is 3.41. The number of nitro benzene ring substituents is 1. The highest BCUT2D eigenvalue weighted by molar-refractivity contribution is 6.16. The molecule has 0 spiro atoms. The normalized spacial score (nSPS) is 10.3. The van der Waals surface area contributed by atoms with E-state index in [0.29, 0.717) is 23.2 Å². The lowest BCUT2D eigenvalue weighted by molar-refractivity contribution is -0.387. The predicted octanol–water partition coefficient (Wildman–Crippen LogP) is 4.31. The molecule has 0 aliphatic carbocycles. The van der Waals surface area contributed by atoms with Crippen LogP contribution in [0.2, 0.25) is 0 Å². The van der Waals surface area contributed by atoms with Gasteiger partial charge in [-0.2, -0.15) is 4.39 Å². The molecule has 2 heterocycles. The molecular weight excluding hydrogens is 332 g/mol. The fraction of sp³-hybridized carbons (Fsp3) is 0.176. The number of rotatable bonds is 3. The summed E-state index contributed by atoms with van der Waals surface area (Å²) in [4.78, 5) is 29.1. The van der Waals surface area contributed by atoms with Gasteiger partial charge in [-0.3, -0.25) is 14.9 Å². The van der Waals surface area contributed by atoms with Crippen molar-refractivity contribution in [1.29, 1.82) is 0 Å². The van der Waals surface area contributed by atoms with Gasteiger partial charge in [-0.25, -0.2) is 9.37 Å². The highest BCUT2D eigenvalue weighted by Crippen LogP contribution is 2.27. The average Bonchev–Trinajstić information content (AvgIpc) is 2.99. The summed E-state index contributed by atoms with van der Waals surface area (Å²) in [6.45, 7) is 5.75. The number of nitrogens with one attached hydrogen (secondary N) is 1. The van der Waals surface area contributed by atoms with E-state index in [1.54, 1.807) is 19.2 Å². The van der Waals surface area contributed by atoms with Gasteiger partial charge in [-0.15, -0.1) is 0 Å². The molecule has 0 fully saturated rings. The molecule has 6 nitrogen and oxygen atoms in total. The van der Waals surface area contributed by atoms with Crippen LogP contribution in [0, 0.1) is 28.7 Å². The Kier molecular flexibility index (Phi) is 5.21. The SMILES string of the molecule is CC.Cc1cnc2[nH]cc(C(=O)c3c(F)ccc([N+](=O)[O-])c3F)c2c1. The first kappa shape index (κ1) is 18.2. The minimum absolute atomic E-state index is 0.00509. The van der Waals surface area contributed by atoms with Gasteiger partial charge >= 0.3 is 5.69 Å². The van der Waals surface area contributed by atoms with E-state index < -0.39 is 33.6 Å². The molecule has 0 unspecified atom stereocenters. The molecule has 0 bridgehead atoms. The van der Waals surface area contributed by atoms with Gasteiger partial charge in [0.25, 0.3) is 0 Å². The number of carbonyl (C=O) groups is 1. The largest absolute Gasteiger partial charge is 0.345 e. The van der Waals surface area contributed by atoms with Crippen molar-refractivity contribution in [1.82, 2.24) is 9.97 Å². The van der Waals surface area contributed by atoms with Gasteiger partial charge < -0.3 is 4.98 Å². The maximum absolute atomic E-state index is 14.2. The zero-order valence-corrected chi connectivity index (χ0v) is 13.8. The number of ketones is 1. The smallest absolute Gasteiger partial charge is 0.305 e. The van der Waals surface area contributed by atoms with Gasteiger partial charge in [0.1, 0.15) is 17.0 Å². The van der Waals surface area contributed by atoms with E-state index in [2.05, 4.69) is 9.97 Å². The van der Waals surface area contributed by atoms with Gasteiger partial charge in [0.05, 0.1) is 4.92 Å². The molecule has 25 heavy (non-hydrogen) atoms. The molecule has 2 aromatic heterocycles. The Morgan fingerprint density at radius 3 is 2.60 bits per heavy atom. The Morgan fingerprint density at radius 1 is 1.28 bits per heavy atom. The lowest BCUT2D eigenvalue weighted by atomic mass is 10.0. The second kappa shape index (κ2) is 7.16. The Hall–Kier alpha value is -3.16. The van der Waals surface area contributed by atoms with Crippen LogP contribution < -0.4 is 0 Å². The molecule has 1 aromatic carbocycles. The quantitative estimate of drug-likeness (QED) is 0.434. The lowest BCUT2D eigenvalue weighted by Crippen LogP contribution is -2.09. The molecule has 0 aliphatic heterocycles. The fourth-order valence-electron chi connectivity index (χ4n) is 2.32. The molecule has 0 saturated heterocycles. The summed E-state index contributed by atoms with van der Waals surface area (Å²) < 4.78 is 28.1. The number of benzene rings is 1. The number of aromatic amines is 1. The van der Waals surface area contributed by atoms with E-state index >= 15 is 0 Å². The highest BCUT2D eigenvalue weighted by Gasteiger charge is 2.28. The number of aromatic nitrogens is 2. The minimum atomic E-state index is -1.49. The molecule has 0 saturated carbocycles. The summed E-state index contributed by atoms with van der Waals surface area (Å²) in [5.41, 5.74) is -0.781. The number of hydrogen-bond donors (Lipinski definition) is 1. The molecule has 1 N–H and O–H groups in total. The second-order valence-electron chi connectivity index (χ2n) is 4.95. The summed E-state index contributed by atoms with van der Waals surface area (Å²) in [5, 5.41) is 11.2. The van der Waals surface area contributed by atoms with Crippen molar-refractivity contribution in [3.63, 3.8) is 0 Å². The Bertz CT molecular complexity index is 967. The van der Waals surface area contributed by atoms with Crippen LogP contribution in [-0.4, -0.2) is 20.7 Å². The molecule has 130 valence electrons. The van der Waals surface area contributed by atoms with Crippen LogP contribution in [0.5, 0.6) is 0 Å². The molecule has 0 amide bonds. The minimum Gasteiger partial charge on any atom is -0.345 e. The first-order valence-electron chi connectivity index (χ1n) is 7.51. The number of nitro groups is 1. The van der Waals surface area contributed by atoms with Gasteiger partial charge in [0.2, 0.25) is 11.6 Å². The van der Waals surface area contributed by atoms with Crippen LogP contribution in [0.4, 0.5) is 14.5 Å². The molecule has 3 rings (SSSR count). The van der Waals surface area contributed by atoms with Crippen LogP contribution in [0.3, 0.4) is 0 Å². The molecular formula is C17H15F2N3O3. The van der Waals surface area contributed by atoms with Crippen molar-refractivity contribution in [3.05, 3.63) is 69.0 Å². The van der Waals surface area contributed by atoms with Gasteiger partial charge in [0, 0.05) is 29.4 Å². The summed E-state index contributed by atoms with van der Waals surface area (Å²) >= 11 is 0. The van der Waals surface area contributed by atoms with Crippen molar-refractivity contribution in [2.45, 2.75) is 20.8 Å². The van der Waals surface area contributed by atoms with Crippen molar-refractivity contribution in [3.8, 4) is 0 Å². The number of nitrogens with zero attached hydrogens (tertiary/aromatic N) is 2. The van der Waals surface area contributed by atoms with Crippen molar-refractivity contribution in [2.24, 2.45) is 0 Å². The van der Waals surface area contributed by atoms with E-state index in [4.69, 9.17) is 0 Å². The molecule has 0 atom stereocenters. The van der Waals surface area contributed by atoms with Crippen LogP contribution in [0.1, 0.15) is 35.3 Å². The van der Waals surface area contributed by atoms with Crippen molar-refractivity contribution >= 4 is 22.5 Å². The van der Waals surface area contributed by atoms with E-state index in [-0.39, 0.29) is 5.56 Å². The first-order valence-corrected chi connectivity index (χ1v) is 7.51. The second-order valence-corrected chi connectivity index (χ2v) is 4.95. The number of aryl methyl sites for hydroxylation is 1. The standard InChI is InChI=1S/C15H9F2N3O3.C2H6/c1-7-4-8-9(6-19-15(8)18-5-7)14(21)12-10(16)2-3-11(13(12)17)20(22)23;1-2/h2-6H,1H3,(H,18,19);1-2H3. The van der Waals surface area contributed by atoms with Gasteiger partial charge in [-0.1, -0.05) is 13.8 Å². The van der Waals surface area contributed by atoms with Gasteiger partial charge in [-0.05, 0) is 24.6 Å². The van der Waals surface area contributed by atoms with Crippen molar-refractivity contribution < 1.29 is 18.5 Å². The van der Waals surface area contributed by atoms with E-state index in [9.17, 15) is 23.7 Å². The highest BCUT2D eigenvalue weighted by atomic mass is 19.1. The number of halogens is 2. The Labute approximate surface area is 141 Å². The first-order chi connectivity index (χ1) is 11.9. The van der Waals surface area contributed by atoms with Gasteiger partial charge in [0.15, 0.2) is 0 Å². The lowest BCUT2D eigenvalue weighted by Gasteiger charge is -2.04. The summed E-state index contributed by atoms with van der Waals surface area (Å²) in [6.07, 6.45) is 2.85. The van der Waals surface area contributed by atoms with Crippen LogP contribution in [0.15, 0.2) is 30.6 Å². The number of carbonyl (C=O) groups excluding carboxylic acids is 1. The summed E-state index contributed by atoms with van der Waals surface area (Å²) in [5.74, 6) is -3.63.